The van der Waals surface area contributed by atoms with Crippen molar-refractivity contribution in [3.05, 3.63) is 131 Å². The number of carbonyl (C=O) groups is 1. The Hall–Kier alpha value is -5.49. The Morgan fingerprint density at radius 1 is 0.733 bits per heavy atom. The predicted octanol–water partition coefficient (Wildman–Crippen LogP) is 8.25. The predicted molar refractivity (Wildman–Crippen MR) is 178 cm³/mol. The summed E-state index contributed by atoms with van der Waals surface area (Å²) >= 11 is 0. The van der Waals surface area contributed by atoms with Crippen molar-refractivity contribution in [1.82, 2.24) is 9.55 Å². The van der Waals surface area contributed by atoms with E-state index in [1.807, 2.05) is 36.5 Å². The van der Waals surface area contributed by atoms with Gasteiger partial charge < -0.3 is 14.4 Å². The second kappa shape index (κ2) is 12.2. The average Bonchev–Trinajstić information content (AvgIpc) is 3.17. The molecule has 6 heteroatoms. The summed E-state index contributed by atoms with van der Waals surface area (Å²) in [6.45, 7) is 0.971. The Balaban J connectivity index is 1.05. The van der Waals surface area contributed by atoms with Gasteiger partial charge in [-0.05, 0) is 83.0 Å². The summed E-state index contributed by atoms with van der Waals surface area (Å²) in [6, 6.07) is 37.1. The number of hydrogen-bond donors (Lipinski definition) is 1. The maximum atomic E-state index is 12.7. The zero-order valence-electron chi connectivity index (χ0n) is 24.8. The van der Waals surface area contributed by atoms with Gasteiger partial charge in [-0.15, -0.1) is 0 Å². The van der Waals surface area contributed by atoms with E-state index in [4.69, 9.17) is 14.8 Å². The third-order valence-corrected chi connectivity index (χ3v) is 8.41. The van der Waals surface area contributed by atoms with Gasteiger partial charge in [0.1, 0.15) is 5.75 Å². The summed E-state index contributed by atoms with van der Waals surface area (Å²) < 4.78 is 7.49. The zero-order valence-corrected chi connectivity index (χ0v) is 24.8. The Morgan fingerprint density at radius 2 is 1.53 bits per heavy atom. The van der Waals surface area contributed by atoms with E-state index >= 15 is 0 Å². The monoisotopic (exact) mass is 592 g/mol. The molecule has 0 spiro atoms. The van der Waals surface area contributed by atoms with E-state index in [9.17, 15) is 9.59 Å². The highest BCUT2D eigenvalue weighted by Crippen LogP contribution is 2.41. The first kappa shape index (κ1) is 28.3. The van der Waals surface area contributed by atoms with E-state index in [1.165, 1.54) is 11.1 Å². The van der Waals surface area contributed by atoms with Gasteiger partial charge in [0.15, 0.2) is 0 Å². The molecule has 0 saturated carbocycles. The molecule has 6 aromatic rings. The molecular formula is C39H32N2O4. The van der Waals surface area contributed by atoms with Gasteiger partial charge in [0, 0.05) is 41.7 Å². The molecule has 0 amide bonds. The highest BCUT2D eigenvalue weighted by atomic mass is 16.5. The number of aromatic nitrogens is 2. The third kappa shape index (κ3) is 6.00. The number of para-hydroxylation sites is 1. The fourth-order valence-electron chi connectivity index (χ4n) is 6.08. The average molecular weight is 593 g/mol. The number of ether oxygens (including phenoxy) is 1. The summed E-state index contributed by atoms with van der Waals surface area (Å²) in [5, 5.41) is 9.94. The van der Waals surface area contributed by atoms with Crippen molar-refractivity contribution in [2.24, 2.45) is 0 Å². The Kier molecular flexibility index (Phi) is 7.70. The Morgan fingerprint density at radius 3 is 2.40 bits per heavy atom. The van der Waals surface area contributed by atoms with Gasteiger partial charge in [-0.3, -0.25) is 9.59 Å². The van der Waals surface area contributed by atoms with Crippen molar-refractivity contribution in [1.29, 1.82) is 0 Å². The standard InChI is InChI=1S/C39H32N2O4/c42-37-20-17-31(25-41(37)21-3-6-26-5-1-8-32(23-26)45-22-4-10-38(43)44)27-11-13-28(14-12-27)33-18-15-30-24-35(33)34-9-2-7-29-16-19-36(30)40-39(29)34/h1-2,5,7-9,11-20,23-25H,3-4,6,10,21-22H2,(H,43,44). The van der Waals surface area contributed by atoms with E-state index < -0.39 is 5.97 Å². The SMILES string of the molecule is O=C(O)CCCOc1cccc(CCCn2cc(-c3ccc(-c4ccc5cc4-c4cccc6ccc-5nc46)cc3)ccc2=O)c1. The molecule has 222 valence electrons. The molecule has 4 aromatic carbocycles. The van der Waals surface area contributed by atoms with Crippen LogP contribution in [0.1, 0.15) is 24.8 Å². The van der Waals surface area contributed by atoms with Crippen molar-refractivity contribution in [3.8, 4) is 50.4 Å². The second-order valence-electron chi connectivity index (χ2n) is 11.5. The van der Waals surface area contributed by atoms with Crippen molar-refractivity contribution in [2.75, 3.05) is 6.61 Å². The molecule has 0 saturated heterocycles. The van der Waals surface area contributed by atoms with Crippen LogP contribution in [-0.2, 0) is 17.8 Å². The zero-order chi connectivity index (χ0) is 30.8. The van der Waals surface area contributed by atoms with E-state index in [0.29, 0.717) is 19.6 Å². The smallest absolute Gasteiger partial charge is 0.303 e. The Bertz CT molecular complexity index is 2100. The molecule has 7 rings (SSSR count). The van der Waals surface area contributed by atoms with Gasteiger partial charge in [-0.25, -0.2) is 4.98 Å². The molecule has 0 unspecified atom stereocenters. The van der Waals surface area contributed by atoms with Crippen LogP contribution < -0.4 is 10.3 Å². The number of carboxylic acids is 1. The van der Waals surface area contributed by atoms with Gasteiger partial charge in [0.2, 0.25) is 0 Å². The minimum Gasteiger partial charge on any atom is -0.494 e. The van der Waals surface area contributed by atoms with Crippen LogP contribution in [0, 0.1) is 0 Å². The maximum absolute atomic E-state index is 12.7. The van der Waals surface area contributed by atoms with Crippen molar-refractivity contribution < 1.29 is 14.6 Å². The first-order valence-electron chi connectivity index (χ1n) is 15.3. The van der Waals surface area contributed by atoms with Gasteiger partial charge in [0.25, 0.3) is 5.56 Å². The second-order valence-corrected chi connectivity index (χ2v) is 11.5. The lowest BCUT2D eigenvalue weighted by molar-refractivity contribution is -0.137. The van der Waals surface area contributed by atoms with Crippen molar-refractivity contribution in [3.63, 3.8) is 0 Å². The molecule has 6 nitrogen and oxygen atoms in total. The highest BCUT2D eigenvalue weighted by molar-refractivity contribution is 6.01. The lowest BCUT2D eigenvalue weighted by Crippen LogP contribution is -2.18. The van der Waals surface area contributed by atoms with Crippen molar-refractivity contribution >= 4 is 16.9 Å². The van der Waals surface area contributed by atoms with Crippen LogP contribution in [0.15, 0.2) is 120 Å². The van der Waals surface area contributed by atoms with Crippen LogP contribution in [0.2, 0.25) is 0 Å². The molecule has 45 heavy (non-hydrogen) atoms. The summed E-state index contributed by atoms with van der Waals surface area (Å²) in [6.07, 6.45) is 4.11. The van der Waals surface area contributed by atoms with E-state index in [0.717, 1.165) is 68.6 Å². The van der Waals surface area contributed by atoms with E-state index in [2.05, 4.69) is 72.8 Å². The molecule has 0 aliphatic carbocycles. The van der Waals surface area contributed by atoms with E-state index in [-0.39, 0.29) is 12.0 Å². The number of hydrogen-bond acceptors (Lipinski definition) is 4. The highest BCUT2D eigenvalue weighted by Gasteiger charge is 2.17. The van der Waals surface area contributed by atoms with Crippen molar-refractivity contribution in [2.45, 2.75) is 32.2 Å². The normalized spacial score (nSPS) is 11.5. The molecule has 3 heterocycles. The molecular weight excluding hydrogens is 560 g/mol. The number of rotatable bonds is 11. The van der Waals surface area contributed by atoms with Crippen LogP contribution in [-0.4, -0.2) is 27.2 Å². The number of aryl methyl sites for hydroxylation is 2. The first-order valence-corrected chi connectivity index (χ1v) is 15.3. The quantitative estimate of drug-likeness (QED) is 0.153. The van der Waals surface area contributed by atoms with Gasteiger partial charge in [0.05, 0.1) is 17.8 Å². The number of aliphatic carboxylic acids is 1. The first-order chi connectivity index (χ1) is 22.0. The summed E-state index contributed by atoms with van der Waals surface area (Å²) in [5.74, 6) is -0.0828. The molecule has 0 radical (unpaired) electrons. The number of nitrogens with zero attached hydrogens (tertiary/aromatic N) is 2. The number of benzene rings is 4. The topological polar surface area (TPSA) is 81.4 Å². The summed E-state index contributed by atoms with van der Waals surface area (Å²) in [7, 11) is 0. The lowest BCUT2D eigenvalue weighted by atomic mass is 9.91. The minimum atomic E-state index is -0.818. The van der Waals surface area contributed by atoms with Crippen LogP contribution in [0.4, 0.5) is 0 Å². The van der Waals surface area contributed by atoms with Crippen LogP contribution in [0.3, 0.4) is 0 Å². The Labute approximate surface area is 261 Å². The van der Waals surface area contributed by atoms with Gasteiger partial charge in [-0.1, -0.05) is 72.8 Å². The fraction of sp³-hybridized carbons (Fsp3) is 0.154. The fourth-order valence-corrected chi connectivity index (χ4v) is 6.08. The lowest BCUT2D eigenvalue weighted by Gasteiger charge is -2.13. The summed E-state index contributed by atoms with van der Waals surface area (Å²) in [4.78, 5) is 28.4. The largest absolute Gasteiger partial charge is 0.494 e. The molecule has 0 fully saturated rings. The molecule has 2 aromatic heterocycles. The minimum absolute atomic E-state index is 0.0207. The van der Waals surface area contributed by atoms with Crippen LogP contribution in [0.25, 0.3) is 55.5 Å². The third-order valence-electron chi connectivity index (χ3n) is 8.41. The van der Waals surface area contributed by atoms with Crippen LogP contribution in [0.5, 0.6) is 5.75 Å². The maximum Gasteiger partial charge on any atom is 0.303 e. The molecule has 1 aliphatic rings. The summed E-state index contributed by atoms with van der Waals surface area (Å²) in [5.41, 5.74) is 10.9. The van der Waals surface area contributed by atoms with Gasteiger partial charge >= 0.3 is 5.97 Å². The number of pyridine rings is 2. The molecule has 1 N–H and O–H groups in total. The molecule has 0 atom stereocenters. The number of carboxylic acid groups (broad SMARTS) is 1. The molecule has 1 aliphatic heterocycles. The van der Waals surface area contributed by atoms with E-state index in [1.54, 1.807) is 10.6 Å². The van der Waals surface area contributed by atoms with Gasteiger partial charge in [-0.2, -0.15) is 0 Å². The molecule has 4 bridgehead atoms. The van der Waals surface area contributed by atoms with Crippen LogP contribution >= 0.6 is 0 Å². The number of fused-ring (bicyclic) bond motifs is 5.